The van der Waals surface area contributed by atoms with Crippen molar-refractivity contribution in [2.24, 2.45) is 0 Å². The second kappa shape index (κ2) is 5.77. The van der Waals surface area contributed by atoms with Crippen molar-refractivity contribution in [3.63, 3.8) is 0 Å². The van der Waals surface area contributed by atoms with E-state index < -0.39 is 39.9 Å². The van der Waals surface area contributed by atoms with Crippen molar-refractivity contribution in [1.82, 2.24) is 0 Å². The zero-order valence-electron chi connectivity index (χ0n) is 10.8. The molecule has 7 nitrogen and oxygen atoms in total. The van der Waals surface area contributed by atoms with E-state index in [2.05, 4.69) is 4.74 Å². The number of rotatable bonds is 3. The van der Waals surface area contributed by atoms with Crippen molar-refractivity contribution < 1.29 is 32.4 Å². The number of nitrogens with zero attached hydrogens (tertiary/aromatic N) is 2. The van der Waals surface area contributed by atoms with E-state index in [0.29, 0.717) is 7.05 Å². The summed E-state index contributed by atoms with van der Waals surface area (Å²) in [5, 5.41) is 10.9. The molecule has 0 spiro atoms. The first-order chi connectivity index (χ1) is 9.61. The number of esters is 1. The van der Waals surface area contributed by atoms with Gasteiger partial charge in [0.1, 0.15) is 5.69 Å². The van der Waals surface area contributed by atoms with Crippen molar-refractivity contribution in [1.29, 1.82) is 0 Å². The van der Waals surface area contributed by atoms with Crippen LogP contribution in [0.25, 0.3) is 0 Å². The van der Waals surface area contributed by atoms with Gasteiger partial charge in [-0.2, -0.15) is 13.2 Å². The molecule has 1 aromatic carbocycles. The summed E-state index contributed by atoms with van der Waals surface area (Å²) in [6.45, 7) is 0. The number of alkyl halides is 3. The molecule has 1 rings (SSSR count). The first kappa shape index (κ1) is 16.4. The van der Waals surface area contributed by atoms with E-state index in [9.17, 15) is 32.9 Å². The molecular formula is C11H9F3N2O5. The molecule has 10 heteroatoms. The Morgan fingerprint density at radius 1 is 1.33 bits per heavy atom. The molecule has 0 bridgehead atoms. The van der Waals surface area contributed by atoms with Gasteiger partial charge in [-0.15, -0.1) is 0 Å². The van der Waals surface area contributed by atoms with E-state index in [1.807, 2.05) is 0 Å². The lowest BCUT2D eigenvalue weighted by molar-refractivity contribution is -0.384. The molecule has 0 fully saturated rings. The van der Waals surface area contributed by atoms with Crippen molar-refractivity contribution in [2.75, 3.05) is 19.1 Å². The summed E-state index contributed by atoms with van der Waals surface area (Å²) in [7, 11) is 1.64. The Balaban J connectivity index is 3.54. The van der Waals surface area contributed by atoms with Crippen LogP contribution in [0.1, 0.15) is 10.4 Å². The number of halogens is 3. The van der Waals surface area contributed by atoms with Crippen LogP contribution in [0.5, 0.6) is 0 Å². The summed E-state index contributed by atoms with van der Waals surface area (Å²) >= 11 is 0. The number of benzene rings is 1. The number of para-hydroxylation sites is 1. The molecule has 0 N–H and O–H groups in total. The molecule has 0 aliphatic heterocycles. The molecule has 0 atom stereocenters. The highest BCUT2D eigenvalue weighted by atomic mass is 19.4. The summed E-state index contributed by atoms with van der Waals surface area (Å²) < 4.78 is 41.7. The summed E-state index contributed by atoms with van der Waals surface area (Å²) in [5.74, 6) is -3.45. The van der Waals surface area contributed by atoms with Crippen LogP contribution in [0.3, 0.4) is 0 Å². The van der Waals surface area contributed by atoms with E-state index in [4.69, 9.17) is 0 Å². The fourth-order valence-corrected chi connectivity index (χ4v) is 1.60. The first-order valence-corrected chi connectivity index (χ1v) is 5.31. The highest BCUT2D eigenvalue weighted by Gasteiger charge is 2.44. The van der Waals surface area contributed by atoms with Gasteiger partial charge < -0.3 is 9.64 Å². The molecule has 0 aliphatic rings. The molecule has 0 aliphatic carbocycles. The lowest BCUT2D eigenvalue weighted by Crippen LogP contribution is -2.39. The van der Waals surface area contributed by atoms with Crippen LogP contribution in [0.4, 0.5) is 24.5 Å². The van der Waals surface area contributed by atoms with Crippen molar-refractivity contribution >= 4 is 23.3 Å². The van der Waals surface area contributed by atoms with Crippen LogP contribution >= 0.6 is 0 Å². The molecule has 0 saturated heterocycles. The predicted octanol–water partition coefficient (Wildman–Crippen LogP) is 1.91. The van der Waals surface area contributed by atoms with E-state index in [1.165, 1.54) is 0 Å². The molecule has 21 heavy (non-hydrogen) atoms. The third-order valence-electron chi connectivity index (χ3n) is 2.50. The van der Waals surface area contributed by atoms with E-state index >= 15 is 0 Å². The quantitative estimate of drug-likeness (QED) is 0.483. The fraction of sp³-hybridized carbons (Fsp3) is 0.273. The Morgan fingerprint density at radius 3 is 2.33 bits per heavy atom. The molecule has 0 saturated carbocycles. The maximum absolute atomic E-state index is 12.5. The topological polar surface area (TPSA) is 89.8 Å². The second-order valence-electron chi connectivity index (χ2n) is 3.78. The highest BCUT2D eigenvalue weighted by molar-refractivity contribution is 6.06. The Hall–Kier alpha value is -2.65. The smallest absolute Gasteiger partial charge is 0.465 e. The first-order valence-electron chi connectivity index (χ1n) is 5.31. The minimum atomic E-state index is -5.24. The lowest BCUT2D eigenvalue weighted by atomic mass is 10.1. The van der Waals surface area contributed by atoms with Gasteiger partial charge in [0.25, 0.3) is 5.69 Å². The van der Waals surface area contributed by atoms with Crippen LogP contribution < -0.4 is 4.90 Å². The zero-order chi connectivity index (χ0) is 16.4. The van der Waals surface area contributed by atoms with Gasteiger partial charge in [0.15, 0.2) is 0 Å². The Labute approximate surface area is 116 Å². The summed E-state index contributed by atoms with van der Waals surface area (Å²) in [6, 6.07) is 3.00. The maximum Gasteiger partial charge on any atom is 0.471 e. The number of nitro benzene ring substituents is 1. The van der Waals surface area contributed by atoms with Gasteiger partial charge in [0.05, 0.1) is 17.6 Å². The SMILES string of the molecule is COC(=O)c1cccc([N+](=O)[O-])c1N(C)C(=O)C(F)(F)F. The normalized spacial score (nSPS) is 10.9. The van der Waals surface area contributed by atoms with Gasteiger partial charge in [-0.05, 0) is 6.07 Å². The molecule has 1 amide bonds. The average Bonchev–Trinajstić information content (AvgIpc) is 2.42. The fourth-order valence-electron chi connectivity index (χ4n) is 1.60. The van der Waals surface area contributed by atoms with Crippen molar-refractivity contribution in [2.45, 2.75) is 6.18 Å². The van der Waals surface area contributed by atoms with Gasteiger partial charge in [0.2, 0.25) is 0 Å². The number of hydrogen-bond donors (Lipinski definition) is 0. The third-order valence-corrected chi connectivity index (χ3v) is 2.50. The van der Waals surface area contributed by atoms with Crippen LogP contribution in [0.15, 0.2) is 18.2 Å². The van der Waals surface area contributed by atoms with Gasteiger partial charge in [-0.1, -0.05) is 6.07 Å². The van der Waals surface area contributed by atoms with Crippen LogP contribution in [0.2, 0.25) is 0 Å². The molecule has 0 radical (unpaired) electrons. The minimum Gasteiger partial charge on any atom is -0.465 e. The van der Waals surface area contributed by atoms with E-state index in [1.54, 1.807) is 0 Å². The number of anilines is 1. The van der Waals surface area contributed by atoms with Gasteiger partial charge >= 0.3 is 18.1 Å². The largest absolute Gasteiger partial charge is 0.471 e. The molecule has 0 aromatic heterocycles. The van der Waals surface area contributed by atoms with Gasteiger partial charge in [-0.25, -0.2) is 4.79 Å². The average molecular weight is 306 g/mol. The molecule has 1 aromatic rings. The van der Waals surface area contributed by atoms with Gasteiger partial charge in [0, 0.05) is 13.1 Å². The number of ether oxygens (including phenoxy) is 1. The molecule has 0 heterocycles. The van der Waals surface area contributed by atoms with Crippen LogP contribution in [0, 0.1) is 10.1 Å². The highest BCUT2D eigenvalue weighted by Crippen LogP contribution is 2.34. The monoisotopic (exact) mass is 306 g/mol. The summed E-state index contributed by atoms with van der Waals surface area (Å²) in [5.41, 5.74) is -2.12. The van der Waals surface area contributed by atoms with Crippen LogP contribution in [-0.2, 0) is 9.53 Å². The number of carbonyl (C=O) groups is 2. The van der Waals surface area contributed by atoms with Crippen molar-refractivity contribution in [3.05, 3.63) is 33.9 Å². The number of carbonyl (C=O) groups excluding carboxylic acids is 2. The molecule has 0 unspecified atom stereocenters. The second-order valence-corrected chi connectivity index (χ2v) is 3.78. The van der Waals surface area contributed by atoms with Gasteiger partial charge in [-0.3, -0.25) is 14.9 Å². The van der Waals surface area contributed by atoms with Crippen molar-refractivity contribution in [3.8, 4) is 0 Å². The molecule has 114 valence electrons. The van der Waals surface area contributed by atoms with Crippen LogP contribution in [-0.4, -0.2) is 37.1 Å². The number of amides is 1. The summed E-state index contributed by atoms with van der Waals surface area (Å²) in [6.07, 6.45) is -5.24. The number of nitro groups is 1. The predicted molar refractivity (Wildman–Crippen MR) is 63.9 cm³/mol. The number of methoxy groups -OCH3 is 1. The van der Waals surface area contributed by atoms with E-state index in [-0.39, 0.29) is 4.90 Å². The standard InChI is InChI=1S/C11H9F3N2O5/c1-15(10(18)11(12,13)14)8-6(9(17)21-2)4-3-5-7(8)16(19)20/h3-5H,1-2H3. The Morgan fingerprint density at radius 2 is 1.90 bits per heavy atom. The maximum atomic E-state index is 12.5. The minimum absolute atomic E-state index is 0.00435. The third kappa shape index (κ3) is 3.27. The Kier molecular flexibility index (Phi) is 4.51. The lowest BCUT2D eigenvalue weighted by Gasteiger charge is -2.20. The molecular weight excluding hydrogens is 297 g/mol. The Bertz CT molecular complexity index is 600. The van der Waals surface area contributed by atoms with E-state index in [0.717, 1.165) is 25.3 Å². The summed E-state index contributed by atoms with van der Waals surface area (Å²) in [4.78, 5) is 32.7. The number of hydrogen-bond acceptors (Lipinski definition) is 5. The zero-order valence-corrected chi connectivity index (χ0v) is 10.8.